The zero-order chi connectivity index (χ0) is 19.2. The first-order chi connectivity index (χ1) is 13.1. The van der Waals surface area contributed by atoms with Gasteiger partial charge in [0.25, 0.3) is 0 Å². The van der Waals surface area contributed by atoms with Crippen LogP contribution in [0.15, 0.2) is 52.0 Å². The van der Waals surface area contributed by atoms with Gasteiger partial charge in [-0.2, -0.15) is 14.9 Å². The molecular weight excluding hydrogens is 430 g/mol. The van der Waals surface area contributed by atoms with Gasteiger partial charge < -0.3 is 9.47 Å². The second-order valence-electron chi connectivity index (χ2n) is 5.39. The molecule has 0 aliphatic rings. The van der Waals surface area contributed by atoms with E-state index in [0.717, 1.165) is 21.3 Å². The molecule has 0 aliphatic heterocycles. The molecule has 0 atom stereocenters. The number of aromatic amines is 1. The van der Waals surface area contributed by atoms with Crippen LogP contribution in [0, 0.1) is 4.77 Å². The van der Waals surface area contributed by atoms with Crippen LogP contribution in [0.1, 0.15) is 12.5 Å². The predicted octanol–water partition coefficient (Wildman–Crippen LogP) is 4.36. The average molecular weight is 448 g/mol. The van der Waals surface area contributed by atoms with E-state index in [9.17, 15) is 0 Å². The monoisotopic (exact) mass is 447 g/mol. The van der Waals surface area contributed by atoms with Crippen molar-refractivity contribution in [2.24, 2.45) is 5.10 Å². The molecule has 9 heteroatoms. The number of ether oxygens (including phenoxy) is 2. The number of rotatable bonds is 7. The quantitative estimate of drug-likeness (QED) is 0.319. The van der Waals surface area contributed by atoms with Crippen molar-refractivity contribution in [2.75, 3.05) is 19.3 Å². The molecule has 0 bridgehead atoms. The Morgan fingerprint density at radius 1 is 1.30 bits per heavy atom. The van der Waals surface area contributed by atoms with Gasteiger partial charge in [0.2, 0.25) is 4.77 Å². The molecular formula is C18H18BrN5O2S. The van der Waals surface area contributed by atoms with Gasteiger partial charge in [0.05, 0.1) is 19.9 Å². The predicted molar refractivity (Wildman–Crippen MR) is 112 cm³/mol. The summed E-state index contributed by atoms with van der Waals surface area (Å²) in [6.07, 6.45) is 1.65. The van der Waals surface area contributed by atoms with Crippen molar-refractivity contribution in [1.82, 2.24) is 14.9 Å². The van der Waals surface area contributed by atoms with Crippen molar-refractivity contribution >= 4 is 34.4 Å². The van der Waals surface area contributed by atoms with E-state index < -0.39 is 0 Å². The van der Waals surface area contributed by atoms with Gasteiger partial charge in [-0.3, -0.25) is 0 Å². The third kappa shape index (κ3) is 4.55. The largest absolute Gasteiger partial charge is 0.496 e. The van der Waals surface area contributed by atoms with Gasteiger partial charge in [0, 0.05) is 15.6 Å². The number of nitrogens with one attached hydrogen (secondary N) is 2. The molecule has 7 nitrogen and oxygen atoms in total. The minimum absolute atomic E-state index is 0.400. The highest BCUT2D eigenvalue weighted by Gasteiger charge is 2.09. The van der Waals surface area contributed by atoms with Crippen LogP contribution in [0.5, 0.6) is 11.5 Å². The Morgan fingerprint density at radius 3 is 2.78 bits per heavy atom. The average Bonchev–Trinajstić information content (AvgIpc) is 3.04. The molecule has 3 aromatic rings. The number of hydrogen-bond acceptors (Lipinski definition) is 6. The van der Waals surface area contributed by atoms with Crippen LogP contribution >= 0.6 is 28.1 Å². The third-order valence-corrected chi connectivity index (χ3v) is 4.42. The zero-order valence-electron chi connectivity index (χ0n) is 14.8. The highest BCUT2D eigenvalue weighted by atomic mass is 79.9. The number of halogens is 1. The second-order valence-corrected chi connectivity index (χ2v) is 6.69. The summed E-state index contributed by atoms with van der Waals surface area (Å²) in [6, 6.07) is 13.3. The molecule has 0 radical (unpaired) electrons. The van der Waals surface area contributed by atoms with Gasteiger partial charge in [-0.15, -0.1) is 0 Å². The van der Waals surface area contributed by atoms with Crippen LogP contribution in [0.25, 0.3) is 11.4 Å². The van der Waals surface area contributed by atoms with E-state index in [1.807, 2.05) is 49.4 Å². The standard InChI is InChI=1S/C18H18BrN5O2S/c1-3-26-15-7-4-12(5-8-15)17-21-22-18(27)24(17)23-20-11-13-10-14(19)6-9-16(13)25-2/h4-11,23H,3H2,1-2H3,(H,22,27)/b20-11+. The van der Waals surface area contributed by atoms with Crippen molar-refractivity contribution in [2.45, 2.75) is 6.92 Å². The first-order valence-electron chi connectivity index (χ1n) is 8.15. The van der Waals surface area contributed by atoms with Crippen LogP contribution in [0.2, 0.25) is 0 Å². The molecule has 0 saturated heterocycles. The van der Waals surface area contributed by atoms with E-state index in [-0.39, 0.29) is 0 Å². The first-order valence-corrected chi connectivity index (χ1v) is 9.35. The lowest BCUT2D eigenvalue weighted by atomic mass is 10.2. The Hall–Kier alpha value is -2.65. The minimum atomic E-state index is 0.400. The molecule has 27 heavy (non-hydrogen) atoms. The van der Waals surface area contributed by atoms with Crippen LogP contribution in [0.4, 0.5) is 0 Å². The lowest BCUT2D eigenvalue weighted by molar-refractivity contribution is 0.340. The summed E-state index contributed by atoms with van der Waals surface area (Å²) in [6.45, 7) is 2.56. The number of hydrogen-bond donors (Lipinski definition) is 2. The number of benzene rings is 2. The highest BCUT2D eigenvalue weighted by Crippen LogP contribution is 2.22. The van der Waals surface area contributed by atoms with E-state index in [1.165, 1.54) is 0 Å². The molecule has 0 spiro atoms. The molecule has 0 aliphatic carbocycles. The maximum atomic E-state index is 5.47. The molecule has 3 rings (SSSR count). The normalized spacial score (nSPS) is 10.9. The van der Waals surface area contributed by atoms with Crippen LogP contribution in [-0.2, 0) is 0 Å². The summed E-state index contributed by atoms with van der Waals surface area (Å²) in [5.74, 6) is 2.13. The summed E-state index contributed by atoms with van der Waals surface area (Å²) in [5, 5.41) is 11.3. The van der Waals surface area contributed by atoms with Gasteiger partial charge in [0.15, 0.2) is 5.82 Å². The third-order valence-electron chi connectivity index (χ3n) is 3.65. The molecule has 0 amide bonds. The summed E-state index contributed by atoms with van der Waals surface area (Å²) < 4.78 is 13.7. The number of hydrazone groups is 1. The van der Waals surface area contributed by atoms with Gasteiger partial charge in [-0.25, -0.2) is 10.6 Å². The summed E-state index contributed by atoms with van der Waals surface area (Å²) in [7, 11) is 1.62. The molecule has 0 saturated carbocycles. The van der Waals surface area contributed by atoms with Crippen molar-refractivity contribution < 1.29 is 9.47 Å². The topological polar surface area (TPSA) is 76.5 Å². The molecule has 140 valence electrons. The lowest BCUT2D eigenvalue weighted by Crippen LogP contribution is -2.11. The summed E-state index contributed by atoms with van der Waals surface area (Å²) in [5.41, 5.74) is 4.59. The molecule has 2 N–H and O–H groups in total. The number of H-pyrrole nitrogens is 1. The molecule has 2 aromatic carbocycles. The smallest absolute Gasteiger partial charge is 0.216 e. The Kier molecular flexibility index (Phi) is 6.25. The van der Waals surface area contributed by atoms with Gasteiger partial charge >= 0.3 is 0 Å². The van der Waals surface area contributed by atoms with Gasteiger partial charge in [0.1, 0.15) is 11.5 Å². The van der Waals surface area contributed by atoms with Crippen LogP contribution < -0.4 is 15.0 Å². The van der Waals surface area contributed by atoms with E-state index in [4.69, 9.17) is 21.7 Å². The molecule has 1 aromatic heterocycles. The Labute approximate surface area is 170 Å². The van der Waals surface area contributed by atoms with Gasteiger partial charge in [-0.1, -0.05) is 15.9 Å². The molecule has 0 unspecified atom stereocenters. The summed E-state index contributed by atoms with van der Waals surface area (Å²) in [4.78, 5) is 0. The fourth-order valence-electron chi connectivity index (χ4n) is 2.41. The van der Waals surface area contributed by atoms with Crippen molar-refractivity contribution in [3.63, 3.8) is 0 Å². The Morgan fingerprint density at radius 2 is 2.07 bits per heavy atom. The van der Waals surface area contributed by atoms with E-state index in [0.29, 0.717) is 23.0 Å². The number of aromatic nitrogens is 3. The number of nitrogens with zero attached hydrogens (tertiary/aromatic N) is 3. The number of methoxy groups -OCH3 is 1. The fraction of sp³-hybridized carbons (Fsp3) is 0.167. The maximum absolute atomic E-state index is 5.47. The zero-order valence-corrected chi connectivity index (χ0v) is 17.2. The van der Waals surface area contributed by atoms with E-state index in [1.54, 1.807) is 18.0 Å². The second kappa shape index (κ2) is 8.83. The van der Waals surface area contributed by atoms with Crippen molar-refractivity contribution in [1.29, 1.82) is 0 Å². The van der Waals surface area contributed by atoms with E-state index in [2.05, 4.69) is 36.8 Å². The minimum Gasteiger partial charge on any atom is -0.496 e. The fourth-order valence-corrected chi connectivity index (χ4v) is 2.96. The maximum Gasteiger partial charge on any atom is 0.216 e. The first kappa shape index (κ1) is 19.1. The Bertz CT molecular complexity index is 998. The highest BCUT2D eigenvalue weighted by molar-refractivity contribution is 9.10. The molecule has 0 fully saturated rings. The van der Waals surface area contributed by atoms with Crippen LogP contribution in [-0.4, -0.2) is 34.8 Å². The van der Waals surface area contributed by atoms with Gasteiger partial charge in [-0.05, 0) is 61.6 Å². The van der Waals surface area contributed by atoms with Crippen molar-refractivity contribution in [3.8, 4) is 22.9 Å². The van der Waals surface area contributed by atoms with E-state index >= 15 is 0 Å². The Balaban J connectivity index is 1.83. The SMILES string of the molecule is CCOc1ccc(-c2n[nH]c(=S)n2N/N=C/c2cc(Br)ccc2OC)cc1. The van der Waals surface area contributed by atoms with Crippen LogP contribution in [0.3, 0.4) is 0 Å². The summed E-state index contributed by atoms with van der Waals surface area (Å²) >= 11 is 8.73. The van der Waals surface area contributed by atoms with Crippen molar-refractivity contribution in [3.05, 3.63) is 57.3 Å². The lowest BCUT2D eigenvalue weighted by Gasteiger charge is -2.08. The molecule has 1 heterocycles.